The summed E-state index contributed by atoms with van der Waals surface area (Å²) >= 11 is 0. The fraction of sp³-hybridized carbons (Fsp3) is 0. The highest BCUT2D eigenvalue weighted by Crippen LogP contribution is 2.14. The minimum Gasteiger partial charge on any atom is -0.401 e. The quantitative estimate of drug-likeness (QED) is 0.439. The van der Waals surface area contributed by atoms with Gasteiger partial charge < -0.3 is 15.8 Å². The topological polar surface area (TPSA) is 110 Å². The van der Waals surface area contributed by atoms with E-state index in [9.17, 15) is 8.42 Å². The number of anilines is 1. The second kappa shape index (κ2) is 3.97. The van der Waals surface area contributed by atoms with Crippen LogP contribution in [0.3, 0.4) is 0 Å². The molecule has 6 nitrogen and oxygen atoms in total. The van der Waals surface area contributed by atoms with E-state index in [-0.39, 0.29) is 4.90 Å². The standard InChI is InChI=1S/C6H8BNO5S/c8-5-1-3-6(4-2-5)14(11,12)13-7(9)10/h1-4,9-10H,8H2. The molecule has 0 atom stereocenters. The van der Waals surface area contributed by atoms with Crippen LogP contribution in [0.15, 0.2) is 29.2 Å². The summed E-state index contributed by atoms with van der Waals surface area (Å²) in [4.78, 5) is -0.195. The van der Waals surface area contributed by atoms with Gasteiger partial charge in [0.25, 0.3) is 10.1 Å². The maximum atomic E-state index is 11.2. The van der Waals surface area contributed by atoms with Crippen LogP contribution in [-0.4, -0.2) is 25.8 Å². The lowest BCUT2D eigenvalue weighted by Crippen LogP contribution is -2.22. The lowest BCUT2D eigenvalue weighted by molar-refractivity contribution is 0.290. The number of benzene rings is 1. The Labute approximate surface area is 81.2 Å². The van der Waals surface area contributed by atoms with Gasteiger partial charge in [0, 0.05) is 5.69 Å². The van der Waals surface area contributed by atoms with Gasteiger partial charge in [-0.1, -0.05) is 0 Å². The second-order valence-corrected chi connectivity index (χ2v) is 4.02. The van der Waals surface area contributed by atoms with E-state index < -0.39 is 17.4 Å². The molecule has 0 aromatic heterocycles. The summed E-state index contributed by atoms with van der Waals surface area (Å²) in [5.74, 6) is 0. The third kappa shape index (κ3) is 2.71. The van der Waals surface area contributed by atoms with Crippen LogP contribution in [0, 0.1) is 0 Å². The van der Waals surface area contributed by atoms with Gasteiger partial charge in [0.15, 0.2) is 0 Å². The highest BCUT2D eigenvalue weighted by Gasteiger charge is 2.23. The van der Waals surface area contributed by atoms with E-state index in [0.717, 1.165) is 0 Å². The van der Waals surface area contributed by atoms with Crippen molar-refractivity contribution in [1.29, 1.82) is 0 Å². The highest BCUT2D eigenvalue weighted by molar-refractivity contribution is 7.87. The monoisotopic (exact) mass is 217 g/mol. The van der Waals surface area contributed by atoms with E-state index in [0.29, 0.717) is 5.69 Å². The zero-order valence-corrected chi connectivity index (χ0v) is 7.81. The number of rotatable bonds is 3. The smallest absolute Gasteiger partial charge is 0.401 e. The van der Waals surface area contributed by atoms with Crippen LogP contribution in [0.1, 0.15) is 0 Å². The second-order valence-electron chi connectivity index (χ2n) is 2.45. The Kier molecular flexibility index (Phi) is 3.12. The fourth-order valence-corrected chi connectivity index (χ4v) is 1.61. The number of nitrogen functional groups attached to an aromatic ring is 1. The van der Waals surface area contributed by atoms with Crippen LogP contribution < -0.4 is 5.73 Å². The predicted molar refractivity (Wildman–Crippen MR) is 49.3 cm³/mol. The Balaban J connectivity index is 2.99. The average molecular weight is 217 g/mol. The third-order valence-electron chi connectivity index (χ3n) is 1.38. The highest BCUT2D eigenvalue weighted by atomic mass is 32.2. The van der Waals surface area contributed by atoms with Crippen molar-refractivity contribution in [3.8, 4) is 0 Å². The van der Waals surface area contributed by atoms with Crippen LogP contribution in [0.2, 0.25) is 0 Å². The molecular formula is C6H8BNO5S. The molecule has 0 saturated carbocycles. The van der Waals surface area contributed by atoms with Crippen molar-refractivity contribution in [2.24, 2.45) is 0 Å². The van der Waals surface area contributed by atoms with Gasteiger partial charge in [-0.05, 0) is 24.3 Å². The maximum absolute atomic E-state index is 11.2. The molecule has 0 aliphatic heterocycles. The molecule has 0 unspecified atom stereocenters. The van der Waals surface area contributed by atoms with E-state index in [1.165, 1.54) is 24.3 Å². The van der Waals surface area contributed by atoms with Crippen LogP contribution in [-0.2, 0) is 14.2 Å². The lowest BCUT2D eigenvalue weighted by atomic mass is 10.3. The van der Waals surface area contributed by atoms with Crippen molar-refractivity contribution in [2.45, 2.75) is 4.90 Å². The fourth-order valence-electron chi connectivity index (χ4n) is 0.803. The minimum atomic E-state index is -4.13. The molecule has 0 aliphatic rings. The summed E-state index contributed by atoms with van der Waals surface area (Å²) in [5.41, 5.74) is 5.73. The molecule has 8 heteroatoms. The SMILES string of the molecule is Nc1ccc(S(=O)(=O)OB(O)O)cc1. The van der Waals surface area contributed by atoms with E-state index in [4.69, 9.17) is 15.8 Å². The van der Waals surface area contributed by atoms with Gasteiger partial charge in [-0.25, -0.2) is 0 Å². The molecule has 0 spiro atoms. The van der Waals surface area contributed by atoms with E-state index in [1.54, 1.807) is 0 Å². The normalized spacial score (nSPS) is 11.3. The zero-order chi connectivity index (χ0) is 10.8. The molecule has 76 valence electrons. The summed E-state index contributed by atoms with van der Waals surface area (Å²) in [6.45, 7) is 0. The Morgan fingerprint density at radius 1 is 1.21 bits per heavy atom. The van der Waals surface area contributed by atoms with Gasteiger partial charge in [0.05, 0.1) is 4.90 Å². The van der Waals surface area contributed by atoms with Gasteiger partial charge in [-0.2, -0.15) is 8.42 Å². The predicted octanol–water partition coefficient (Wildman–Crippen LogP) is -1.06. The molecule has 0 aliphatic carbocycles. The number of nitrogens with two attached hydrogens (primary N) is 1. The molecule has 0 saturated heterocycles. The first-order valence-electron chi connectivity index (χ1n) is 3.57. The van der Waals surface area contributed by atoms with Gasteiger partial charge in [0.1, 0.15) is 0 Å². The van der Waals surface area contributed by atoms with Crippen LogP contribution in [0.5, 0.6) is 0 Å². The Morgan fingerprint density at radius 3 is 2.14 bits per heavy atom. The molecule has 1 aromatic carbocycles. The molecule has 0 radical (unpaired) electrons. The van der Waals surface area contributed by atoms with Crippen molar-refractivity contribution >= 4 is 23.1 Å². The van der Waals surface area contributed by atoms with Crippen molar-refractivity contribution in [3.05, 3.63) is 24.3 Å². The van der Waals surface area contributed by atoms with Gasteiger partial charge in [-0.15, -0.1) is 0 Å². The first-order chi connectivity index (χ1) is 6.42. The largest absolute Gasteiger partial charge is 0.649 e. The molecule has 0 amide bonds. The first-order valence-corrected chi connectivity index (χ1v) is 4.97. The summed E-state index contributed by atoms with van der Waals surface area (Å²) < 4.78 is 26.2. The number of hydrogen-bond acceptors (Lipinski definition) is 6. The van der Waals surface area contributed by atoms with Crippen LogP contribution in [0.25, 0.3) is 0 Å². The van der Waals surface area contributed by atoms with E-state index in [1.807, 2.05) is 0 Å². The lowest BCUT2D eigenvalue weighted by Gasteiger charge is -2.03. The summed E-state index contributed by atoms with van der Waals surface area (Å²) in [5, 5.41) is 16.7. The number of hydrogen-bond donors (Lipinski definition) is 3. The summed E-state index contributed by atoms with van der Waals surface area (Å²) in [6.07, 6.45) is 0. The molecular weight excluding hydrogens is 209 g/mol. The van der Waals surface area contributed by atoms with Crippen molar-refractivity contribution in [3.63, 3.8) is 0 Å². The van der Waals surface area contributed by atoms with E-state index in [2.05, 4.69) is 4.10 Å². The van der Waals surface area contributed by atoms with Crippen molar-refractivity contribution in [1.82, 2.24) is 0 Å². The van der Waals surface area contributed by atoms with Crippen molar-refractivity contribution < 1.29 is 22.6 Å². The zero-order valence-electron chi connectivity index (χ0n) is 6.99. The molecule has 0 bridgehead atoms. The summed E-state index contributed by atoms with van der Waals surface area (Å²) in [7, 11) is -6.50. The Bertz CT molecular complexity index is 401. The van der Waals surface area contributed by atoms with Crippen molar-refractivity contribution in [2.75, 3.05) is 5.73 Å². The third-order valence-corrected chi connectivity index (χ3v) is 2.66. The molecule has 0 fully saturated rings. The molecule has 1 rings (SSSR count). The average Bonchev–Trinajstić information content (AvgIpc) is 2.02. The summed E-state index contributed by atoms with van der Waals surface area (Å²) in [6, 6.07) is 5.13. The van der Waals surface area contributed by atoms with E-state index >= 15 is 0 Å². The molecule has 4 N–H and O–H groups in total. The van der Waals surface area contributed by atoms with Gasteiger partial charge >= 0.3 is 7.32 Å². The molecule has 0 heterocycles. The Hall–Kier alpha value is -1.09. The minimum absolute atomic E-state index is 0.195. The Morgan fingerprint density at radius 2 is 1.71 bits per heavy atom. The molecule has 14 heavy (non-hydrogen) atoms. The first kappa shape index (κ1) is 11.0. The maximum Gasteiger partial charge on any atom is 0.649 e. The van der Waals surface area contributed by atoms with Crippen LogP contribution in [0.4, 0.5) is 5.69 Å². The molecule has 1 aromatic rings. The van der Waals surface area contributed by atoms with Gasteiger partial charge in [0.2, 0.25) is 0 Å². The van der Waals surface area contributed by atoms with Crippen LogP contribution >= 0.6 is 0 Å². The van der Waals surface area contributed by atoms with Gasteiger partial charge in [-0.3, -0.25) is 4.10 Å².